The van der Waals surface area contributed by atoms with Gasteiger partial charge in [-0.1, -0.05) is 43.6 Å². The number of methoxy groups -OCH3 is 1. The van der Waals surface area contributed by atoms with Gasteiger partial charge in [0.1, 0.15) is 5.75 Å². The van der Waals surface area contributed by atoms with Crippen LogP contribution in [0, 0.1) is 12.8 Å². The molecule has 1 amide bonds. The van der Waals surface area contributed by atoms with Crippen molar-refractivity contribution < 1.29 is 17.9 Å². The van der Waals surface area contributed by atoms with Crippen molar-refractivity contribution in [3.05, 3.63) is 58.6 Å². The van der Waals surface area contributed by atoms with Crippen LogP contribution >= 0.6 is 11.6 Å². The van der Waals surface area contributed by atoms with E-state index in [2.05, 4.69) is 19.2 Å². The standard InChI is InChI=1S/C24H33ClN2O4S/c1-17(2)15-22(19-9-12-21(31-4)13-10-19)26-24(28)7-6-14-27(32(5,29)30)23-16-20(25)11-8-18(23)3/h8-13,16-17,22H,6-7,14-15H2,1-5H3,(H,26,28). The van der Waals surface area contributed by atoms with Crippen molar-refractivity contribution in [2.75, 3.05) is 24.2 Å². The number of hydrogen-bond donors (Lipinski definition) is 1. The molecule has 1 atom stereocenters. The van der Waals surface area contributed by atoms with Crippen molar-refractivity contribution in [1.82, 2.24) is 5.32 Å². The monoisotopic (exact) mass is 480 g/mol. The van der Waals surface area contributed by atoms with E-state index in [1.54, 1.807) is 25.3 Å². The summed E-state index contributed by atoms with van der Waals surface area (Å²) in [6.07, 6.45) is 2.57. The summed E-state index contributed by atoms with van der Waals surface area (Å²) in [5.74, 6) is 1.05. The number of amides is 1. The largest absolute Gasteiger partial charge is 0.497 e. The maximum atomic E-state index is 12.7. The minimum Gasteiger partial charge on any atom is -0.497 e. The number of aryl methyl sites for hydroxylation is 1. The zero-order valence-corrected chi connectivity index (χ0v) is 21.0. The molecule has 176 valence electrons. The summed E-state index contributed by atoms with van der Waals surface area (Å²) in [6, 6.07) is 12.7. The number of hydrogen-bond acceptors (Lipinski definition) is 4. The summed E-state index contributed by atoms with van der Waals surface area (Å²) in [7, 11) is -1.89. The van der Waals surface area contributed by atoms with Gasteiger partial charge in [-0.2, -0.15) is 0 Å². The molecule has 32 heavy (non-hydrogen) atoms. The third kappa shape index (κ3) is 7.71. The van der Waals surface area contributed by atoms with Crippen LogP contribution in [0.1, 0.15) is 50.3 Å². The Labute approximate surface area is 197 Å². The molecule has 2 aromatic rings. The first-order valence-electron chi connectivity index (χ1n) is 10.7. The van der Waals surface area contributed by atoms with Crippen LogP contribution in [-0.2, 0) is 14.8 Å². The minimum absolute atomic E-state index is 0.109. The third-order valence-corrected chi connectivity index (χ3v) is 6.58. The normalized spacial score (nSPS) is 12.5. The number of nitrogens with one attached hydrogen (secondary N) is 1. The van der Waals surface area contributed by atoms with Crippen LogP contribution in [0.4, 0.5) is 5.69 Å². The van der Waals surface area contributed by atoms with E-state index in [1.807, 2.05) is 31.2 Å². The molecule has 0 saturated carbocycles. The SMILES string of the molecule is COc1ccc(C(CC(C)C)NC(=O)CCCN(c2cc(Cl)ccc2C)S(C)(=O)=O)cc1. The Morgan fingerprint density at radius 3 is 2.38 bits per heavy atom. The number of carbonyl (C=O) groups is 1. The lowest BCUT2D eigenvalue weighted by Crippen LogP contribution is -2.33. The maximum Gasteiger partial charge on any atom is 0.232 e. The van der Waals surface area contributed by atoms with Gasteiger partial charge in [-0.15, -0.1) is 0 Å². The van der Waals surface area contributed by atoms with E-state index in [1.165, 1.54) is 4.31 Å². The highest BCUT2D eigenvalue weighted by molar-refractivity contribution is 7.92. The van der Waals surface area contributed by atoms with Crippen LogP contribution < -0.4 is 14.4 Å². The van der Waals surface area contributed by atoms with Crippen LogP contribution in [-0.4, -0.2) is 34.2 Å². The fourth-order valence-electron chi connectivity index (χ4n) is 3.55. The topological polar surface area (TPSA) is 75.7 Å². The minimum atomic E-state index is -3.51. The Hall–Kier alpha value is -2.25. The van der Waals surface area contributed by atoms with Crippen LogP contribution in [0.15, 0.2) is 42.5 Å². The lowest BCUT2D eigenvalue weighted by atomic mass is 9.96. The second kappa shape index (κ2) is 11.6. The number of carbonyl (C=O) groups excluding carboxylic acids is 1. The molecule has 0 saturated heterocycles. The van der Waals surface area contributed by atoms with Gasteiger partial charge in [0.2, 0.25) is 15.9 Å². The Morgan fingerprint density at radius 2 is 1.81 bits per heavy atom. The molecule has 0 aliphatic rings. The van der Waals surface area contributed by atoms with Crippen molar-refractivity contribution in [3.63, 3.8) is 0 Å². The fourth-order valence-corrected chi connectivity index (χ4v) is 4.73. The molecule has 1 N–H and O–H groups in total. The van der Waals surface area contributed by atoms with Crippen LogP contribution in [0.2, 0.25) is 5.02 Å². The summed E-state index contributed by atoms with van der Waals surface area (Å²) in [4.78, 5) is 12.7. The maximum absolute atomic E-state index is 12.7. The van der Waals surface area contributed by atoms with E-state index in [-0.39, 0.29) is 24.9 Å². The number of ether oxygens (including phenoxy) is 1. The van der Waals surface area contributed by atoms with Crippen molar-refractivity contribution in [1.29, 1.82) is 0 Å². The van der Waals surface area contributed by atoms with Crippen molar-refractivity contribution in [3.8, 4) is 5.75 Å². The predicted octanol–water partition coefficient (Wildman–Crippen LogP) is 5.11. The van der Waals surface area contributed by atoms with Gasteiger partial charge in [-0.3, -0.25) is 9.10 Å². The van der Waals surface area contributed by atoms with Gasteiger partial charge >= 0.3 is 0 Å². The summed E-state index contributed by atoms with van der Waals surface area (Å²) >= 11 is 6.08. The molecular weight excluding hydrogens is 448 g/mol. The van der Waals surface area contributed by atoms with Gasteiger partial charge in [-0.25, -0.2) is 8.42 Å². The second-order valence-electron chi connectivity index (χ2n) is 8.39. The van der Waals surface area contributed by atoms with E-state index in [0.29, 0.717) is 23.0 Å². The molecule has 0 radical (unpaired) electrons. The summed E-state index contributed by atoms with van der Waals surface area (Å²) < 4.78 is 31.3. The first-order valence-corrected chi connectivity index (χ1v) is 12.9. The number of anilines is 1. The number of halogens is 1. The molecule has 0 fully saturated rings. The zero-order chi connectivity index (χ0) is 23.9. The molecule has 0 aliphatic carbocycles. The molecule has 0 heterocycles. The summed E-state index contributed by atoms with van der Waals surface area (Å²) in [5.41, 5.74) is 2.36. The molecule has 0 bridgehead atoms. The van der Waals surface area contributed by atoms with Crippen LogP contribution in [0.25, 0.3) is 0 Å². The molecule has 6 nitrogen and oxygen atoms in total. The molecule has 8 heteroatoms. The molecule has 1 unspecified atom stereocenters. The van der Waals surface area contributed by atoms with Crippen LogP contribution in [0.5, 0.6) is 5.75 Å². The van der Waals surface area contributed by atoms with Gasteiger partial charge in [-0.05, 0) is 61.1 Å². The van der Waals surface area contributed by atoms with E-state index in [0.717, 1.165) is 29.6 Å². The van der Waals surface area contributed by atoms with Crippen molar-refractivity contribution >= 4 is 33.2 Å². The zero-order valence-electron chi connectivity index (χ0n) is 19.4. The van der Waals surface area contributed by atoms with Crippen LogP contribution in [0.3, 0.4) is 0 Å². The lowest BCUT2D eigenvalue weighted by Gasteiger charge is -2.25. The Bertz CT molecular complexity index is 1010. The number of rotatable bonds is 11. The quantitative estimate of drug-likeness (QED) is 0.485. The first kappa shape index (κ1) is 26.0. The van der Waals surface area contributed by atoms with Crippen molar-refractivity contribution in [2.45, 2.75) is 46.1 Å². The average molecular weight is 481 g/mol. The fraction of sp³-hybridized carbons (Fsp3) is 0.458. The Kier molecular flexibility index (Phi) is 9.40. The smallest absolute Gasteiger partial charge is 0.232 e. The van der Waals surface area contributed by atoms with Gasteiger partial charge in [0.05, 0.1) is 25.1 Å². The molecule has 0 aliphatic heterocycles. The number of nitrogens with zero attached hydrogens (tertiary/aromatic N) is 1. The molecule has 0 aromatic heterocycles. The summed E-state index contributed by atoms with van der Waals surface area (Å²) in [5, 5.41) is 3.57. The molecule has 2 aromatic carbocycles. The van der Waals surface area contributed by atoms with Gasteiger partial charge in [0.25, 0.3) is 0 Å². The van der Waals surface area contributed by atoms with Gasteiger partial charge in [0.15, 0.2) is 0 Å². The lowest BCUT2D eigenvalue weighted by molar-refractivity contribution is -0.122. The second-order valence-corrected chi connectivity index (χ2v) is 10.7. The highest BCUT2D eigenvalue weighted by Gasteiger charge is 2.21. The highest BCUT2D eigenvalue weighted by Crippen LogP contribution is 2.27. The third-order valence-electron chi connectivity index (χ3n) is 5.17. The number of sulfonamides is 1. The van der Waals surface area contributed by atoms with E-state index in [4.69, 9.17) is 16.3 Å². The average Bonchev–Trinajstić information content (AvgIpc) is 2.71. The van der Waals surface area contributed by atoms with Crippen molar-refractivity contribution in [2.24, 2.45) is 5.92 Å². The number of benzene rings is 2. The molecule has 2 rings (SSSR count). The Balaban J connectivity index is 2.05. The van der Waals surface area contributed by atoms with Gasteiger partial charge in [0, 0.05) is 18.0 Å². The molecule has 0 spiro atoms. The molecular formula is C24H33ClN2O4S. The summed E-state index contributed by atoms with van der Waals surface area (Å²) in [6.45, 7) is 6.26. The highest BCUT2D eigenvalue weighted by atomic mass is 35.5. The van der Waals surface area contributed by atoms with Gasteiger partial charge < -0.3 is 10.1 Å². The van der Waals surface area contributed by atoms with E-state index >= 15 is 0 Å². The van der Waals surface area contributed by atoms with E-state index in [9.17, 15) is 13.2 Å². The van der Waals surface area contributed by atoms with E-state index < -0.39 is 10.0 Å². The Morgan fingerprint density at radius 1 is 1.16 bits per heavy atom. The predicted molar refractivity (Wildman–Crippen MR) is 131 cm³/mol. The first-order chi connectivity index (χ1) is 15.0.